The number of likely N-dealkylation sites (tertiary alicyclic amines) is 1. The lowest BCUT2D eigenvalue weighted by Crippen LogP contribution is -2.49. The first-order chi connectivity index (χ1) is 12.6. The number of benzene rings is 1. The molecule has 1 aliphatic heterocycles. The normalized spacial score (nSPS) is 24.5. The van der Waals surface area contributed by atoms with E-state index in [4.69, 9.17) is 9.72 Å². The number of H-pyrrole nitrogens is 1. The van der Waals surface area contributed by atoms with Gasteiger partial charge in [-0.25, -0.2) is 4.98 Å². The van der Waals surface area contributed by atoms with E-state index in [0.29, 0.717) is 12.0 Å². The molecule has 1 aromatic heterocycles. The molecular weight excluding hydrogens is 330 g/mol. The summed E-state index contributed by atoms with van der Waals surface area (Å²) < 4.78 is 5.41. The fourth-order valence-electron chi connectivity index (χ4n) is 4.48. The van der Waals surface area contributed by atoms with Crippen LogP contribution in [-0.4, -0.2) is 52.2 Å². The predicted octanol–water partition coefficient (Wildman–Crippen LogP) is 3.08. The number of nitrogens with one attached hydrogen (secondary N) is 1. The molecule has 0 unspecified atom stereocenters. The van der Waals surface area contributed by atoms with Crippen LogP contribution >= 0.6 is 0 Å². The molecule has 26 heavy (non-hydrogen) atoms. The minimum atomic E-state index is -0.691. The molecule has 0 radical (unpaired) electrons. The third kappa shape index (κ3) is 3.43. The second kappa shape index (κ2) is 7.27. The Morgan fingerprint density at radius 2 is 2.19 bits per heavy atom. The molecule has 1 aromatic carbocycles. The van der Waals surface area contributed by atoms with E-state index in [1.807, 2.05) is 18.2 Å². The lowest BCUT2D eigenvalue weighted by molar-refractivity contribution is -0.139. The van der Waals surface area contributed by atoms with Crippen LogP contribution in [-0.2, 0) is 11.2 Å². The first kappa shape index (κ1) is 17.3. The van der Waals surface area contributed by atoms with Gasteiger partial charge in [0.05, 0.1) is 12.6 Å². The number of carboxylic acids is 1. The highest BCUT2D eigenvalue weighted by atomic mass is 16.5. The lowest BCUT2D eigenvalue weighted by atomic mass is 9.79. The van der Waals surface area contributed by atoms with Crippen molar-refractivity contribution >= 4 is 17.0 Å². The summed E-state index contributed by atoms with van der Waals surface area (Å²) in [5.41, 5.74) is 1.83. The molecule has 0 amide bonds. The van der Waals surface area contributed by atoms with Crippen LogP contribution in [0.4, 0.5) is 0 Å². The van der Waals surface area contributed by atoms with E-state index in [9.17, 15) is 9.90 Å². The Balaban J connectivity index is 1.54. The molecular formula is C20H27N3O3. The molecule has 2 N–H and O–H groups in total. The maximum Gasteiger partial charge on any atom is 0.303 e. The van der Waals surface area contributed by atoms with Gasteiger partial charge in [0, 0.05) is 25.4 Å². The molecule has 0 bridgehead atoms. The number of piperidine rings is 1. The molecule has 6 heteroatoms. The molecule has 1 aliphatic carbocycles. The zero-order valence-electron chi connectivity index (χ0n) is 15.3. The fourth-order valence-corrected chi connectivity index (χ4v) is 4.48. The van der Waals surface area contributed by atoms with Gasteiger partial charge in [0.2, 0.25) is 0 Å². The molecule has 2 aliphatic rings. The Morgan fingerprint density at radius 1 is 1.35 bits per heavy atom. The van der Waals surface area contributed by atoms with E-state index in [0.717, 1.165) is 48.5 Å². The third-order valence-corrected chi connectivity index (χ3v) is 6.15. The summed E-state index contributed by atoms with van der Waals surface area (Å²) in [5, 5.41) is 9.31. The van der Waals surface area contributed by atoms with Crippen molar-refractivity contribution in [2.45, 2.75) is 44.6 Å². The highest BCUT2D eigenvalue weighted by Gasteiger charge is 2.35. The number of methoxy groups -OCH3 is 1. The Hall–Kier alpha value is -2.08. The number of hydrogen-bond donors (Lipinski definition) is 2. The number of para-hydroxylation sites is 1. The molecule has 2 heterocycles. The van der Waals surface area contributed by atoms with Gasteiger partial charge in [-0.2, -0.15) is 0 Å². The average Bonchev–Trinajstić information content (AvgIpc) is 2.97. The molecule has 2 aromatic rings. The summed E-state index contributed by atoms with van der Waals surface area (Å²) in [4.78, 5) is 22.1. The number of fused-ring (bicyclic) bond motifs is 1. The average molecular weight is 357 g/mol. The SMILES string of the molecule is COc1cccc2[nH]c(C[C@H]3CN(C4CCC4)CC[C@H]3CC(=O)O)nc12. The molecule has 1 saturated heterocycles. The summed E-state index contributed by atoms with van der Waals surface area (Å²) in [7, 11) is 1.66. The molecule has 4 rings (SSSR count). The van der Waals surface area contributed by atoms with Crippen molar-refractivity contribution in [2.24, 2.45) is 11.8 Å². The number of hydrogen-bond acceptors (Lipinski definition) is 4. The van der Waals surface area contributed by atoms with Crippen molar-refractivity contribution in [3.8, 4) is 5.75 Å². The molecule has 140 valence electrons. The van der Waals surface area contributed by atoms with Gasteiger partial charge < -0.3 is 19.7 Å². The molecule has 2 atom stereocenters. The van der Waals surface area contributed by atoms with Crippen LogP contribution < -0.4 is 4.74 Å². The zero-order valence-corrected chi connectivity index (χ0v) is 15.3. The second-order valence-electron chi connectivity index (χ2n) is 7.73. The molecule has 0 spiro atoms. The van der Waals surface area contributed by atoms with E-state index in [1.54, 1.807) is 7.11 Å². The summed E-state index contributed by atoms with van der Waals surface area (Å²) in [6.07, 6.45) is 5.92. The van der Waals surface area contributed by atoms with Crippen LogP contribution in [0.5, 0.6) is 5.75 Å². The van der Waals surface area contributed by atoms with Gasteiger partial charge in [-0.3, -0.25) is 4.79 Å². The first-order valence-corrected chi connectivity index (χ1v) is 9.61. The summed E-state index contributed by atoms with van der Waals surface area (Å²) in [5.74, 6) is 1.56. The highest BCUT2D eigenvalue weighted by Crippen LogP contribution is 2.35. The number of ether oxygens (including phenoxy) is 1. The number of rotatable bonds is 6. The number of imidazole rings is 1. The van der Waals surface area contributed by atoms with E-state index < -0.39 is 5.97 Å². The van der Waals surface area contributed by atoms with Gasteiger partial charge >= 0.3 is 5.97 Å². The van der Waals surface area contributed by atoms with Crippen LogP contribution in [0, 0.1) is 11.8 Å². The topological polar surface area (TPSA) is 78.5 Å². The first-order valence-electron chi connectivity index (χ1n) is 9.61. The quantitative estimate of drug-likeness (QED) is 0.831. The Bertz CT molecular complexity index is 784. The number of aromatic nitrogens is 2. The Labute approximate surface area is 153 Å². The van der Waals surface area contributed by atoms with Crippen molar-refractivity contribution in [2.75, 3.05) is 20.2 Å². The highest BCUT2D eigenvalue weighted by molar-refractivity contribution is 5.81. The maximum absolute atomic E-state index is 11.3. The minimum Gasteiger partial charge on any atom is -0.494 e. The molecule has 6 nitrogen and oxygen atoms in total. The van der Waals surface area contributed by atoms with Gasteiger partial charge in [0.25, 0.3) is 0 Å². The minimum absolute atomic E-state index is 0.221. The van der Waals surface area contributed by atoms with E-state index in [1.165, 1.54) is 19.3 Å². The van der Waals surface area contributed by atoms with Gasteiger partial charge in [0.1, 0.15) is 17.1 Å². The van der Waals surface area contributed by atoms with Gasteiger partial charge in [-0.1, -0.05) is 12.5 Å². The van der Waals surface area contributed by atoms with Crippen LogP contribution in [0.15, 0.2) is 18.2 Å². The van der Waals surface area contributed by atoms with Gasteiger partial charge in [-0.15, -0.1) is 0 Å². The Morgan fingerprint density at radius 3 is 2.88 bits per heavy atom. The maximum atomic E-state index is 11.3. The molecule has 1 saturated carbocycles. The van der Waals surface area contributed by atoms with Crippen LogP contribution in [0.25, 0.3) is 11.0 Å². The summed E-state index contributed by atoms with van der Waals surface area (Å²) in [6, 6.07) is 6.58. The van der Waals surface area contributed by atoms with Crippen LogP contribution in [0.1, 0.15) is 37.9 Å². The second-order valence-corrected chi connectivity index (χ2v) is 7.73. The number of carboxylic acid groups (broad SMARTS) is 1. The largest absolute Gasteiger partial charge is 0.494 e. The lowest BCUT2D eigenvalue weighted by Gasteiger charge is -2.45. The van der Waals surface area contributed by atoms with E-state index in [-0.39, 0.29) is 12.3 Å². The van der Waals surface area contributed by atoms with E-state index >= 15 is 0 Å². The van der Waals surface area contributed by atoms with Crippen molar-refractivity contribution in [1.82, 2.24) is 14.9 Å². The monoisotopic (exact) mass is 357 g/mol. The zero-order chi connectivity index (χ0) is 18.1. The summed E-state index contributed by atoms with van der Waals surface area (Å²) >= 11 is 0. The smallest absolute Gasteiger partial charge is 0.303 e. The standard InChI is InChI=1S/C20H27N3O3/c1-26-17-7-3-6-16-20(17)22-18(21-16)10-14-12-23(15-4-2-5-15)9-8-13(14)11-19(24)25/h3,6-7,13-15H,2,4-5,8-12H2,1H3,(H,21,22)(H,24,25)/t13-,14-/m0/s1. The predicted molar refractivity (Wildman–Crippen MR) is 99.4 cm³/mol. The van der Waals surface area contributed by atoms with Crippen molar-refractivity contribution in [3.05, 3.63) is 24.0 Å². The van der Waals surface area contributed by atoms with Gasteiger partial charge in [-0.05, 0) is 49.8 Å². The number of aromatic amines is 1. The van der Waals surface area contributed by atoms with Crippen molar-refractivity contribution in [1.29, 1.82) is 0 Å². The van der Waals surface area contributed by atoms with Crippen LogP contribution in [0.3, 0.4) is 0 Å². The number of carbonyl (C=O) groups is 1. The summed E-state index contributed by atoms with van der Waals surface area (Å²) in [6.45, 7) is 2.02. The van der Waals surface area contributed by atoms with E-state index in [2.05, 4.69) is 9.88 Å². The van der Waals surface area contributed by atoms with Crippen molar-refractivity contribution in [3.63, 3.8) is 0 Å². The van der Waals surface area contributed by atoms with Gasteiger partial charge in [0.15, 0.2) is 0 Å². The van der Waals surface area contributed by atoms with Crippen molar-refractivity contribution < 1.29 is 14.6 Å². The Kier molecular flexibility index (Phi) is 4.85. The molecule has 2 fully saturated rings. The number of nitrogens with zero attached hydrogens (tertiary/aromatic N) is 2. The number of aliphatic carboxylic acids is 1. The third-order valence-electron chi connectivity index (χ3n) is 6.15. The fraction of sp³-hybridized carbons (Fsp3) is 0.600. The van der Waals surface area contributed by atoms with Crippen LogP contribution in [0.2, 0.25) is 0 Å².